The van der Waals surface area contributed by atoms with Gasteiger partial charge in [0.15, 0.2) is 10.9 Å². The zero-order chi connectivity index (χ0) is 15.5. The zero-order valence-electron chi connectivity index (χ0n) is 11.4. The molecule has 0 spiro atoms. The second-order valence-electron chi connectivity index (χ2n) is 4.50. The molecule has 0 aliphatic heterocycles. The highest BCUT2D eigenvalue weighted by atomic mass is 35.5. The highest BCUT2D eigenvalue weighted by molar-refractivity contribution is 7.99. The van der Waals surface area contributed by atoms with Crippen molar-refractivity contribution in [2.75, 3.05) is 11.6 Å². The molecule has 3 rings (SSSR count). The molecule has 0 atom stereocenters. The van der Waals surface area contributed by atoms with E-state index in [1.807, 2.05) is 30.3 Å². The molecule has 0 bridgehead atoms. The topological polar surface area (TPSA) is 60.9 Å². The van der Waals surface area contributed by atoms with Crippen molar-refractivity contribution < 1.29 is 4.79 Å². The van der Waals surface area contributed by atoms with Crippen LogP contribution in [0, 0.1) is 0 Å². The Morgan fingerprint density at radius 2 is 2.05 bits per heavy atom. The predicted octanol–water partition coefficient (Wildman–Crippen LogP) is 3.95. The van der Waals surface area contributed by atoms with E-state index in [9.17, 15) is 4.79 Å². The van der Waals surface area contributed by atoms with Gasteiger partial charge in [0, 0.05) is 5.56 Å². The van der Waals surface area contributed by atoms with Gasteiger partial charge >= 0.3 is 0 Å². The summed E-state index contributed by atoms with van der Waals surface area (Å²) in [5.41, 5.74) is 1.78. The maximum atomic E-state index is 12.1. The van der Waals surface area contributed by atoms with Crippen molar-refractivity contribution in [3.8, 4) is 11.3 Å². The minimum absolute atomic E-state index is 0.0196. The Morgan fingerprint density at radius 1 is 1.27 bits per heavy atom. The maximum absolute atomic E-state index is 12.1. The van der Waals surface area contributed by atoms with Crippen LogP contribution in [0.25, 0.3) is 11.3 Å². The summed E-state index contributed by atoms with van der Waals surface area (Å²) in [5, 5.41) is 0.606. The molecule has 22 heavy (non-hydrogen) atoms. The van der Waals surface area contributed by atoms with Crippen LogP contribution in [0.1, 0.15) is 9.67 Å². The number of hydrogen-bond acceptors (Lipinski definition) is 5. The molecule has 0 saturated heterocycles. The normalized spacial score (nSPS) is 10.8. The first-order valence-corrected chi connectivity index (χ1v) is 8.63. The van der Waals surface area contributed by atoms with E-state index in [-0.39, 0.29) is 11.5 Å². The second kappa shape index (κ2) is 6.56. The molecular weight excluding hydrogens is 338 g/mol. The average molecular weight is 350 g/mol. The molecule has 4 nitrogen and oxygen atoms in total. The first kappa shape index (κ1) is 15.1. The second-order valence-corrected chi connectivity index (χ2v) is 7.16. The third-order valence-electron chi connectivity index (χ3n) is 2.95. The fraction of sp³-hybridized carbons (Fsp3) is 0.0667. The van der Waals surface area contributed by atoms with Gasteiger partial charge in [-0.3, -0.25) is 4.79 Å². The van der Waals surface area contributed by atoms with Crippen molar-refractivity contribution in [3.63, 3.8) is 0 Å². The summed E-state index contributed by atoms with van der Waals surface area (Å²) in [6.45, 7) is 0. The summed E-state index contributed by atoms with van der Waals surface area (Å²) in [4.78, 5) is 17.2. The Balaban J connectivity index is 1.71. The Morgan fingerprint density at radius 3 is 2.73 bits per heavy atom. The van der Waals surface area contributed by atoms with Crippen molar-refractivity contribution in [2.24, 2.45) is 0 Å². The number of rotatable bonds is 5. The van der Waals surface area contributed by atoms with Gasteiger partial charge in [0.1, 0.15) is 0 Å². The summed E-state index contributed by atoms with van der Waals surface area (Å²) in [5.74, 6) is 6.21. The van der Waals surface area contributed by atoms with Crippen LogP contribution in [0.3, 0.4) is 0 Å². The van der Waals surface area contributed by atoms with E-state index in [0.717, 1.165) is 11.3 Å². The van der Waals surface area contributed by atoms with E-state index in [4.69, 9.17) is 17.4 Å². The lowest BCUT2D eigenvalue weighted by atomic mass is 10.2. The molecule has 0 fully saturated rings. The third kappa shape index (κ3) is 3.35. The molecule has 0 aliphatic carbocycles. The fourth-order valence-corrected chi connectivity index (χ4v) is 3.75. The lowest BCUT2D eigenvalue weighted by Crippen LogP contribution is -2.09. The number of aromatic nitrogens is 2. The number of carbonyl (C=O) groups is 1. The van der Waals surface area contributed by atoms with Crippen molar-refractivity contribution in [2.45, 2.75) is 5.16 Å². The number of thioether (sulfide) groups is 1. The molecule has 112 valence electrons. The maximum Gasteiger partial charge on any atom is 0.187 e. The highest BCUT2D eigenvalue weighted by Crippen LogP contribution is 2.26. The van der Waals surface area contributed by atoms with Crippen molar-refractivity contribution in [1.82, 2.24) is 9.66 Å². The largest absolute Gasteiger partial charge is 0.337 e. The van der Waals surface area contributed by atoms with Gasteiger partial charge in [-0.2, -0.15) is 0 Å². The number of benzene rings is 1. The van der Waals surface area contributed by atoms with E-state index in [1.165, 1.54) is 27.8 Å². The zero-order valence-corrected chi connectivity index (χ0v) is 13.8. The van der Waals surface area contributed by atoms with Gasteiger partial charge < -0.3 is 5.84 Å². The lowest BCUT2D eigenvalue weighted by Gasteiger charge is -1.99. The highest BCUT2D eigenvalue weighted by Gasteiger charge is 2.13. The molecule has 7 heteroatoms. The molecule has 2 N–H and O–H groups in total. The first-order valence-electron chi connectivity index (χ1n) is 6.44. The Kier molecular flexibility index (Phi) is 4.52. The van der Waals surface area contributed by atoms with Gasteiger partial charge in [-0.05, 0) is 12.1 Å². The summed E-state index contributed by atoms with van der Waals surface area (Å²) in [6, 6.07) is 13.2. The van der Waals surface area contributed by atoms with Crippen molar-refractivity contribution >= 4 is 40.5 Å². The number of nitrogens with zero attached hydrogens (tertiary/aromatic N) is 2. The third-order valence-corrected chi connectivity index (χ3v) is 5.19. The van der Waals surface area contributed by atoms with Gasteiger partial charge in [-0.1, -0.05) is 53.7 Å². The number of carbonyl (C=O) groups excluding carboxylic acids is 1. The molecule has 0 amide bonds. The van der Waals surface area contributed by atoms with Crippen LogP contribution in [-0.2, 0) is 0 Å². The van der Waals surface area contributed by atoms with Crippen LogP contribution in [0.4, 0.5) is 0 Å². The van der Waals surface area contributed by atoms with Crippen LogP contribution in [0.5, 0.6) is 0 Å². The van der Waals surface area contributed by atoms with Gasteiger partial charge in [0.2, 0.25) is 0 Å². The number of nitrogen functional groups attached to an aromatic ring is 1. The van der Waals surface area contributed by atoms with E-state index < -0.39 is 0 Å². The molecule has 3 aromatic rings. The van der Waals surface area contributed by atoms with E-state index in [2.05, 4.69) is 4.98 Å². The number of thiophene rings is 1. The fourth-order valence-electron chi connectivity index (χ4n) is 1.90. The summed E-state index contributed by atoms with van der Waals surface area (Å²) >= 11 is 8.44. The monoisotopic (exact) mass is 349 g/mol. The smallest absolute Gasteiger partial charge is 0.187 e. The minimum atomic E-state index is 0.0196. The SMILES string of the molecule is Nn1cc(-c2ccccc2)nc1SCC(=O)c1ccc(Cl)s1. The molecular formula is C15H12ClN3OS2. The quantitative estimate of drug-likeness (QED) is 0.430. The van der Waals surface area contributed by atoms with Crippen LogP contribution in [0.2, 0.25) is 4.34 Å². The summed E-state index contributed by atoms with van der Waals surface area (Å²) in [6.07, 6.45) is 1.75. The van der Waals surface area contributed by atoms with Gasteiger partial charge in [0.25, 0.3) is 0 Å². The molecule has 2 aromatic heterocycles. The molecule has 0 aliphatic rings. The minimum Gasteiger partial charge on any atom is -0.337 e. The van der Waals surface area contributed by atoms with E-state index >= 15 is 0 Å². The molecule has 0 radical (unpaired) electrons. The average Bonchev–Trinajstić information content (AvgIpc) is 3.12. The van der Waals surface area contributed by atoms with Crippen molar-refractivity contribution in [1.29, 1.82) is 0 Å². The number of hydrogen-bond donors (Lipinski definition) is 1. The van der Waals surface area contributed by atoms with E-state index in [0.29, 0.717) is 14.4 Å². The summed E-state index contributed by atoms with van der Waals surface area (Å²) in [7, 11) is 0. The Hall–Kier alpha value is -1.76. The number of imidazole rings is 1. The number of halogens is 1. The molecule has 0 saturated carbocycles. The lowest BCUT2D eigenvalue weighted by molar-refractivity contribution is 0.102. The molecule has 0 unspecified atom stereocenters. The van der Waals surface area contributed by atoms with Gasteiger partial charge in [0.05, 0.1) is 26.9 Å². The standard InChI is InChI=1S/C15H12ClN3OS2/c16-14-7-6-13(22-14)12(20)9-21-15-18-11(8-19(15)17)10-4-2-1-3-5-10/h1-8H,9,17H2. The number of ketones is 1. The van der Waals surface area contributed by atoms with Gasteiger partial charge in [-0.15, -0.1) is 11.3 Å². The number of nitrogens with two attached hydrogens (primary N) is 1. The van der Waals surface area contributed by atoms with Crippen LogP contribution >= 0.6 is 34.7 Å². The first-order chi connectivity index (χ1) is 10.6. The van der Waals surface area contributed by atoms with Crippen LogP contribution in [-0.4, -0.2) is 21.2 Å². The number of Topliss-reactive ketones (excluding diaryl/α,β-unsaturated/α-hetero) is 1. The molecule has 1 aromatic carbocycles. The summed E-state index contributed by atoms with van der Waals surface area (Å²) < 4.78 is 2.06. The Bertz CT molecular complexity index is 798. The molecule has 2 heterocycles. The van der Waals surface area contributed by atoms with Crippen molar-refractivity contribution in [3.05, 3.63) is 57.9 Å². The Labute approximate surface area is 140 Å². The van der Waals surface area contributed by atoms with Crippen LogP contribution in [0.15, 0.2) is 53.8 Å². The van der Waals surface area contributed by atoms with Crippen LogP contribution < -0.4 is 5.84 Å². The van der Waals surface area contributed by atoms with E-state index in [1.54, 1.807) is 18.3 Å². The van der Waals surface area contributed by atoms with Gasteiger partial charge in [-0.25, -0.2) is 9.66 Å². The predicted molar refractivity (Wildman–Crippen MR) is 92.2 cm³/mol.